The molecule has 5 heteroatoms. The number of hydrogen-bond donors (Lipinski definition) is 1. The molecule has 2 rings (SSSR count). The van der Waals surface area contributed by atoms with Crippen molar-refractivity contribution in [1.82, 2.24) is 9.55 Å². The van der Waals surface area contributed by atoms with Crippen molar-refractivity contribution in [3.05, 3.63) is 11.5 Å². The van der Waals surface area contributed by atoms with Crippen molar-refractivity contribution in [1.29, 1.82) is 0 Å². The molecule has 0 bridgehead atoms. The maximum atomic E-state index is 11.9. The van der Waals surface area contributed by atoms with E-state index in [4.69, 9.17) is 10.5 Å². The standard InChI is InChI=1S/C15H25N3O2/c1-5-20-14(19)12-13(16)18(10(2)17-12)11-8-6-7-9-15(11,3)4/h11H,5-9,16H2,1-4H3. The molecule has 2 N–H and O–H groups in total. The molecule has 1 fully saturated rings. The summed E-state index contributed by atoms with van der Waals surface area (Å²) in [6.07, 6.45) is 4.70. The molecule has 1 aliphatic rings. The highest BCUT2D eigenvalue weighted by Crippen LogP contribution is 2.45. The Kier molecular flexibility index (Phi) is 4.06. The first-order valence-corrected chi connectivity index (χ1v) is 7.40. The number of ether oxygens (including phenoxy) is 1. The summed E-state index contributed by atoms with van der Waals surface area (Å²) in [5.41, 5.74) is 6.61. The Morgan fingerprint density at radius 3 is 2.80 bits per heavy atom. The van der Waals surface area contributed by atoms with Crippen LogP contribution in [0.3, 0.4) is 0 Å². The van der Waals surface area contributed by atoms with Crippen LogP contribution in [0.15, 0.2) is 0 Å². The van der Waals surface area contributed by atoms with Gasteiger partial charge in [-0.05, 0) is 32.1 Å². The third-order valence-corrected chi connectivity index (χ3v) is 4.36. The zero-order valence-corrected chi connectivity index (χ0v) is 12.9. The number of aryl methyl sites for hydroxylation is 1. The molecule has 0 saturated heterocycles. The highest BCUT2D eigenvalue weighted by Gasteiger charge is 2.36. The Hall–Kier alpha value is -1.52. The minimum Gasteiger partial charge on any atom is -0.461 e. The average molecular weight is 279 g/mol. The zero-order chi connectivity index (χ0) is 14.9. The third-order valence-electron chi connectivity index (χ3n) is 4.36. The Labute approximate surface area is 120 Å². The van der Waals surface area contributed by atoms with Gasteiger partial charge in [0.15, 0.2) is 5.69 Å². The van der Waals surface area contributed by atoms with Gasteiger partial charge in [0.1, 0.15) is 11.6 Å². The molecule has 1 aromatic rings. The fourth-order valence-corrected chi connectivity index (χ4v) is 3.26. The van der Waals surface area contributed by atoms with E-state index < -0.39 is 5.97 Å². The Morgan fingerprint density at radius 2 is 2.20 bits per heavy atom. The highest BCUT2D eigenvalue weighted by atomic mass is 16.5. The summed E-state index contributed by atoms with van der Waals surface area (Å²) in [5, 5.41) is 0. The van der Waals surface area contributed by atoms with Gasteiger partial charge in [0, 0.05) is 6.04 Å². The van der Waals surface area contributed by atoms with Crippen LogP contribution >= 0.6 is 0 Å². The quantitative estimate of drug-likeness (QED) is 0.863. The Bertz CT molecular complexity index is 505. The van der Waals surface area contributed by atoms with Crippen molar-refractivity contribution < 1.29 is 9.53 Å². The predicted molar refractivity (Wildman–Crippen MR) is 78.6 cm³/mol. The summed E-state index contributed by atoms with van der Waals surface area (Å²) < 4.78 is 7.05. The number of aromatic nitrogens is 2. The molecule has 20 heavy (non-hydrogen) atoms. The highest BCUT2D eigenvalue weighted by molar-refractivity contribution is 5.92. The summed E-state index contributed by atoms with van der Waals surface area (Å²) in [7, 11) is 0. The maximum absolute atomic E-state index is 11.9. The summed E-state index contributed by atoms with van der Waals surface area (Å²) >= 11 is 0. The molecule has 1 aliphatic carbocycles. The molecule has 1 atom stereocenters. The van der Waals surface area contributed by atoms with Gasteiger partial charge in [-0.2, -0.15) is 0 Å². The van der Waals surface area contributed by atoms with E-state index >= 15 is 0 Å². The summed E-state index contributed by atoms with van der Waals surface area (Å²) in [6, 6.07) is 0.298. The van der Waals surface area contributed by atoms with Gasteiger partial charge in [0.25, 0.3) is 0 Å². The number of nitrogens with two attached hydrogens (primary N) is 1. The number of anilines is 1. The van der Waals surface area contributed by atoms with Crippen LogP contribution in [-0.2, 0) is 4.74 Å². The van der Waals surface area contributed by atoms with E-state index in [9.17, 15) is 4.79 Å². The van der Waals surface area contributed by atoms with Crippen molar-refractivity contribution in [2.75, 3.05) is 12.3 Å². The molecule has 0 amide bonds. The lowest BCUT2D eigenvalue weighted by Crippen LogP contribution is -2.32. The molecular formula is C15H25N3O2. The van der Waals surface area contributed by atoms with E-state index in [1.807, 2.05) is 11.5 Å². The minimum atomic E-state index is -0.430. The number of rotatable bonds is 3. The van der Waals surface area contributed by atoms with Crippen molar-refractivity contribution in [3.8, 4) is 0 Å². The van der Waals surface area contributed by atoms with Crippen LogP contribution in [0.2, 0.25) is 0 Å². The number of esters is 1. The molecule has 0 aliphatic heterocycles. The van der Waals surface area contributed by atoms with Gasteiger partial charge >= 0.3 is 5.97 Å². The van der Waals surface area contributed by atoms with Crippen molar-refractivity contribution in [2.45, 2.75) is 59.4 Å². The lowest BCUT2D eigenvalue weighted by atomic mass is 9.73. The second-order valence-corrected chi connectivity index (χ2v) is 6.23. The van der Waals surface area contributed by atoms with Crippen LogP contribution < -0.4 is 5.73 Å². The summed E-state index contributed by atoms with van der Waals surface area (Å²) in [4.78, 5) is 16.2. The number of hydrogen-bond acceptors (Lipinski definition) is 4. The average Bonchev–Trinajstić information content (AvgIpc) is 2.66. The molecular weight excluding hydrogens is 254 g/mol. The molecule has 5 nitrogen and oxygen atoms in total. The van der Waals surface area contributed by atoms with Gasteiger partial charge < -0.3 is 15.0 Å². The fraction of sp³-hybridized carbons (Fsp3) is 0.733. The molecule has 0 radical (unpaired) electrons. The van der Waals surface area contributed by atoms with Crippen molar-refractivity contribution in [2.24, 2.45) is 5.41 Å². The monoisotopic (exact) mass is 279 g/mol. The Balaban J connectivity index is 2.39. The van der Waals surface area contributed by atoms with E-state index in [1.165, 1.54) is 19.3 Å². The van der Waals surface area contributed by atoms with Crippen molar-refractivity contribution in [3.63, 3.8) is 0 Å². The van der Waals surface area contributed by atoms with Gasteiger partial charge in [-0.3, -0.25) is 0 Å². The molecule has 1 saturated carbocycles. The van der Waals surface area contributed by atoms with E-state index in [1.54, 1.807) is 6.92 Å². The SMILES string of the molecule is CCOC(=O)c1nc(C)n(C2CCCCC2(C)C)c1N. The van der Waals surface area contributed by atoms with Crippen LogP contribution in [-0.4, -0.2) is 22.1 Å². The first kappa shape index (κ1) is 14.9. The third kappa shape index (κ3) is 2.53. The van der Waals surface area contributed by atoms with E-state index in [0.29, 0.717) is 18.5 Å². The van der Waals surface area contributed by atoms with Crippen molar-refractivity contribution >= 4 is 11.8 Å². The first-order chi connectivity index (χ1) is 9.38. The number of imidazole rings is 1. The van der Waals surface area contributed by atoms with Crippen LogP contribution in [0.5, 0.6) is 0 Å². The largest absolute Gasteiger partial charge is 0.461 e. The minimum absolute atomic E-state index is 0.170. The Morgan fingerprint density at radius 1 is 1.50 bits per heavy atom. The van der Waals surface area contributed by atoms with Gasteiger partial charge in [0.05, 0.1) is 6.61 Å². The molecule has 1 heterocycles. The maximum Gasteiger partial charge on any atom is 0.360 e. The lowest BCUT2D eigenvalue weighted by Gasteiger charge is -2.40. The summed E-state index contributed by atoms with van der Waals surface area (Å²) in [5.74, 6) is 0.812. The molecule has 1 unspecified atom stereocenters. The van der Waals surface area contributed by atoms with E-state index in [2.05, 4.69) is 18.8 Å². The fourth-order valence-electron chi connectivity index (χ4n) is 3.26. The number of carbonyl (C=O) groups is 1. The van der Waals surface area contributed by atoms with Crippen LogP contribution in [0.1, 0.15) is 68.8 Å². The van der Waals surface area contributed by atoms with E-state index in [-0.39, 0.29) is 11.1 Å². The van der Waals surface area contributed by atoms with Gasteiger partial charge in [-0.1, -0.05) is 26.7 Å². The lowest BCUT2D eigenvalue weighted by molar-refractivity contribution is 0.0521. The number of nitrogen functional groups attached to an aromatic ring is 1. The number of nitrogens with zero attached hydrogens (tertiary/aromatic N) is 2. The van der Waals surface area contributed by atoms with Gasteiger partial charge in [0.2, 0.25) is 0 Å². The molecule has 0 aromatic carbocycles. The van der Waals surface area contributed by atoms with Crippen LogP contribution in [0, 0.1) is 12.3 Å². The smallest absolute Gasteiger partial charge is 0.360 e. The normalized spacial score (nSPS) is 21.7. The van der Waals surface area contributed by atoms with Crippen LogP contribution in [0.25, 0.3) is 0 Å². The molecule has 0 spiro atoms. The van der Waals surface area contributed by atoms with Crippen LogP contribution in [0.4, 0.5) is 5.82 Å². The molecule has 112 valence electrons. The summed E-state index contributed by atoms with van der Waals surface area (Å²) in [6.45, 7) is 8.55. The predicted octanol–water partition coefficient (Wildman–Crippen LogP) is 3.09. The van der Waals surface area contributed by atoms with E-state index in [0.717, 1.165) is 12.2 Å². The second kappa shape index (κ2) is 5.46. The van der Waals surface area contributed by atoms with Gasteiger partial charge in [-0.15, -0.1) is 0 Å². The topological polar surface area (TPSA) is 70.1 Å². The first-order valence-electron chi connectivity index (χ1n) is 7.40. The number of carbonyl (C=O) groups excluding carboxylic acids is 1. The second-order valence-electron chi connectivity index (χ2n) is 6.23. The molecule has 1 aromatic heterocycles. The zero-order valence-electron chi connectivity index (χ0n) is 12.9. The van der Waals surface area contributed by atoms with Gasteiger partial charge in [-0.25, -0.2) is 9.78 Å².